The summed E-state index contributed by atoms with van der Waals surface area (Å²) in [6.45, 7) is 1.58. The molecule has 0 saturated carbocycles. The van der Waals surface area contributed by atoms with Gasteiger partial charge in [-0.1, -0.05) is 22.0 Å². The summed E-state index contributed by atoms with van der Waals surface area (Å²) in [5.74, 6) is -2.42. The molecule has 2 N–H and O–H groups in total. The molecular weight excluding hydrogens is 369 g/mol. The first-order valence-corrected chi connectivity index (χ1v) is 6.90. The summed E-state index contributed by atoms with van der Waals surface area (Å²) in [4.78, 5) is 25.7. The molecule has 1 heterocycles. The third-order valence-electron chi connectivity index (χ3n) is 2.76. The number of hydrogen-bond acceptors (Lipinski definition) is 3. The van der Waals surface area contributed by atoms with E-state index in [0.29, 0.717) is 4.47 Å². The van der Waals surface area contributed by atoms with Crippen molar-refractivity contribution in [1.29, 1.82) is 0 Å². The Kier molecular flexibility index (Phi) is 4.45. The van der Waals surface area contributed by atoms with Crippen molar-refractivity contribution in [2.24, 2.45) is 0 Å². The first kappa shape index (κ1) is 16.3. The van der Waals surface area contributed by atoms with E-state index in [0.717, 1.165) is 0 Å². The maximum absolute atomic E-state index is 12.8. The van der Waals surface area contributed by atoms with E-state index in [4.69, 9.17) is 0 Å². The lowest BCUT2D eigenvalue weighted by atomic mass is 10.1. The molecule has 118 valence electrons. The maximum atomic E-state index is 12.8. The van der Waals surface area contributed by atoms with Crippen molar-refractivity contribution in [3.05, 3.63) is 28.2 Å². The number of H-pyrrole nitrogens is 1. The van der Waals surface area contributed by atoms with Crippen molar-refractivity contribution in [3.8, 4) is 0 Å². The molecule has 1 aromatic carbocycles. The number of fused-ring (bicyclic) bond motifs is 1. The van der Waals surface area contributed by atoms with E-state index in [1.165, 1.54) is 12.1 Å². The molecule has 1 aromatic heterocycles. The number of ether oxygens (including phenoxy) is 1. The van der Waals surface area contributed by atoms with E-state index in [-0.39, 0.29) is 23.3 Å². The average molecular weight is 379 g/mol. The fourth-order valence-corrected chi connectivity index (χ4v) is 2.50. The van der Waals surface area contributed by atoms with Crippen LogP contribution in [0.3, 0.4) is 0 Å². The lowest BCUT2D eigenvalue weighted by Crippen LogP contribution is -2.24. The SMILES string of the molecule is CCOC(=O)Nc1[nH]c2cccc(Br)c2c1C(=O)C(F)(F)F. The standard InChI is InChI=1S/C13H10BrF3N2O3/c1-2-22-12(21)19-11-9(10(20)13(15,16)17)8-6(14)4-3-5-7(8)18-11/h3-5,18H,2H2,1H3,(H,19,21). The molecule has 0 bridgehead atoms. The van der Waals surface area contributed by atoms with Gasteiger partial charge in [0, 0.05) is 15.4 Å². The fraction of sp³-hybridized carbons (Fsp3) is 0.231. The van der Waals surface area contributed by atoms with Crippen LogP contribution in [-0.2, 0) is 4.74 Å². The molecule has 0 unspecified atom stereocenters. The molecule has 0 spiro atoms. The molecule has 5 nitrogen and oxygen atoms in total. The van der Waals surface area contributed by atoms with Crippen LogP contribution in [0.25, 0.3) is 10.9 Å². The molecule has 0 atom stereocenters. The van der Waals surface area contributed by atoms with E-state index in [1.54, 1.807) is 13.0 Å². The zero-order chi connectivity index (χ0) is 16.5. The van der Waals surface area contributed by atoms with E-state index < -0.39 is 23.6 Å². The summed E-state index contributed by atoms with van der Waals surface area (Å²) in [6.07, 6.45) is -6.03. The number of rotatable bonds is 3. The van der Waals surface area contributed by atoms with Crippen LogP contribution in [0.15, 0.2) is 22.7 Å². The van der Waals surface area contributed by atoms with Gasteiger partial charge in [-0.2, -0.15) is 13.2 Å². The van der Waals surface area contributed by atoms with Crippen LogP contribution in [0, 0.1) is 0 Å². The molecule has 2 rings (SSSR count). The Morgan fingerprint density at radius 1 is 1.36 bits per heavy atom. The highest BCUT2D eigenvalue weighted by Gasteiger charge is 2.42. The largest absolute Gasteiger partial charge is 0.455 e. The van der Waals surface area contributed by atoms with Crippen molar-refractivity contribution >= 4 is 44.5 Å². The Morgan fingerprint density at radius 3 is 2.64 bits per heavy atom. The van der Waals surface area contributed by atoms with Crippen LogP contribution >= 0.6 is 15.9 Å². The Balaban J connectivity index is 2.63. The Labute approximate surface area is 130 Å². The number of carbonyl (C=O) groups is 2. The normalized spacial score (nSPS) is 11.5. The highest BCUT2D eigenvalue weighted by atomic mass is 79.9. The quantitative estimate of drug-likeness (QED) is 0.784. The first-order chi connectivity index (χ1) is 10.3. The number of ketones is 1. The number of amides is 1. The van der Waals surface area contributed by atoms with Gasteiger partial charge in [0.15, 0.2) is 0 Å². The zero-order valence-electron chi connectivity index (χ0n) is 11.2. The van der Waals surface area contributed by atoms with Crippen LogP contribution in [0.5, 0.6) is 0 Å². The molecule has 0 aliphatic heterocycles. The summed E-state index contributed by atoms with van der Waals surface area (Å²) < 4.78 is 43.4. The Bertz CT molecular complexity index is 740. The van der Waals surface area contributed by atoms with E-state index in [1.807, 2.05) is 0 Å². The van der Waals surface area contributed by atoms with Crippen LogP contribution in [0.1, 0.15) is 17.3 Å². The van der Waals surface area contributed by atoms with Gasteiger partial charge in [-0.05, 0) is 19.1 Å². The second-order valence-electron chi connectivity index (χ2n) is 4.21. The van der Waals surface area contributed by atoms with Gasteiger partial charge >= 0.3 is 12.3 Å². The van der Waals surface area contributed by atoms with E-state index in [2.05, 4.69) is 31.0 Å². The maximum Gasteiger partial charge on any atom is 0.455 e. The molecule has 1 amide bonds. The van der Waals surface area contributed by atoms with E-state index >= 15 is 0 Å². The lowest BCUT2D eigenvalue weighted by Gasteiger charge is -2.08. The number of halogens is 4. The minimum Gasteiger partial charge on any atom is -0.450 e. The number of nitrogens with one attached hydrogen (secondary N) is 2. The lowest BCUT2D eigenvalue weighted by molar-refractivity contribution is -0.0883. The fourth-order valence-electron chi connectivity index (χ4n) is 1.94. The van der Waals surface area contributed by atoms with Gasteiger partial charge in [0.25, 0.3) is 5.78 Å². The van der Waals surface area contributed by atoms with Crippen molar-refractivity contribution in [2.75, 3.05) is 11.9 Å². The van der Waals surface area contributed by atoms with Gasteiger partial charge in [-0.15, -0.1) is 0 Å². The van der Waals surface area contributed by atoms with Crippen molar-refractivity contribution in [1.82, 2.24) is 4.98 Å². The van der Waals surface area contributed by atoms with Gasteiger partial charge in [-0.25, -0.2) is 4.79 Å². The molecule has 0 fully saturated rings. The molecule has 0 aliphatic rings. The monoisotopic (exact) mass is 378 g/mol. The molecule has 0 aliphatic carbocycles. The Morgan fingerprint density at radius 2 is 2.05 bits per heavy atom. The topological polar surface area (TPSA) is 71.2 Å². The van der Waals surface area contributed by atoms with Crippen LogP contribution < -0.4 is 5.32 Å². The summed E-state index contributed by atoms with van der Waals surface area (Å²) in [5.41, 5.74) is -0.392. The molecule has 22 heavy (non-hydrogen) atoms. The number of alkyl halides is 3. The highest BCUT2D eigenvalue weighted by molar-refractivity contribution is 9.10. The molecule has 0 saturated heterocycles. The predicted octanol–water partition coefficient (Wildman–Crippen LogP) is 4.24. The number of carbonyl (C=O) groups excluding carboxylic acids is 2. The minimum absolute atomic E-state index is 0.0385. The summed E-state index contributed by atoms with van der Waals surface area (Å²) in [5, 5.41) is 2.16. The third kappa shape index (κ3) is 3.08. The highest BCUT2D eigenvalue weighted by Crippen LogP contribution is 2.36. The van der Waals surface area contributed by atoms with Crippen molar-refractivity contribution in [2.45, 2.75) is 13.1 Å². The Hall–Kier alpha value is -2.03. The molecular formula is C13H10BrF3N2O3. The van der Waals surface area contributed by atoms with Crippen molar-refractivity contribution in [3.63, 3.8) is 0 Å². The average Bonchev–Trinajstić information content (AvgIpc) is 2.76. The number of Topliss-reactive ketones (excluding diaryl/α,β-unsaturated/α-hetero) is 1. The summed E-state index contributed by atoms with van der Waals surface area (Å²) in [7, 11) is 0. The zero-order valence-corrected chi connectivity index (χ0v) is 12.8. The van der Waals surface area contributed by atoms with Crippen molar-refractivity contribution < 1.29 is 27.5 Å². The molecule has 2 aromatic rings. The smallest absolute Gasteiger partial charge is 0.450 e. The number of aromatic nitrogens is 1. The summed E-state index contributed by atoms with van der Waals surface area (Å²) >= 11 is 3.11. The third-order valence-corrected chi connectivity index (χ3v) is 3.42. The molecule has 9 heteroatoms. The molecule has 0 radical (unpaired) electrons. The number of hydrogen-bond donors (Lipinski definition) is 2. The second-order valence-corrected chi connectivity index (χ2v) is 5.06. The van der Waals surface area contributed by atoms with Gasteiger partial charge in [0.1, 0.15) is 5.82 Å². The van der Waals surface area contributed by atoms with Crippen LogP contribution in [-0.4, -0.2) is 29.6 Å². The number of aromatic amines is 1. The van der Waals surface area contributed by atoms with Gasteiger partial charge in [-0.3, -0.25) is 10.1 Å². The number of anilines is 1. The van der Waals surface area contributed by atoms with Gasteiger partial charge in [0.2, 0.25) is 0 Å². The van der Waals surface area contributed by atoms with Crippen LogP contribution in [0.2, 0.25) is 0 Å². The van der Waals surface area contributed by atoms with Gasteiger partial charge < -0.3 is 9.72 Å². The van der Waals surface area contributed by atoms with Crippen LogP contribution in [0.4, 0.5) is 23.8 Å². The van der Waals surface area contributed by atoms with Gasteiger partial charge in [0.05, 0.1) is 12.2 Å². The first-order valence-electron chi connectivity index (χ1n) is 6.11. The van der Waals surface area contributed by atoms with E-state index in [9.17, 15) is 22.8 Å². The summed E-state index contributed by atoms with van der Waals surface area (Å²) in [6, 6.07) is 4.57. The predicted molar refractivity (Wildman–Crippen MR) is 77.0 cm³/mol. The number of benzene rings is 1. The second kappa shape index (κ2) is 5.99. The minimum atomic E-state index is -5.07.